The summed E-state index contributed by atoms with van der Waals surface area (Å²) < 4.78 is 10.6. The zero-order chi connectivity index (χ0) is 22.5. The third-order valence-corrected chi connectivity index (χ3v) is 4.92. The van der Waals surface area contributed by atoms with Crippen LogP contribution in [0.1, 0.15) is 37.8 Å². The molecule has 1 heterocycles. The van der Waals surface area contributed by atoms with Gasteiger partial charge in [-0.2, -0.15) is 0 Å². The molecule has 31 heavy (non-hydrogen) atoms. The largest absolute Gasteiger partial charge is 0.470 e. The van der Waals surface area contributed by atoms with Crippen molar-refractivity contribution in [2.24, 2.45) is 0 Å². The van der Waals surface area contributed by atoms with Crippen molar-refractivity contribution in [2.75, 3.05) is 17.2 Å². The highest BCUT2D eigenvalue weighted by Crippen LogP contribution is 2.28. The zero-order valence-electron chi connectivity index (χ0n) is 18.0. The van der Waals surface area contributed by atoms with Crippen molar-refractivity contribution >= 4 is 29.0 Å². The van der Waals surface area contributed by atoms with Crippen LogP contribution in [-0.2, 0) is 23.9 Å². The summed E-state index contributed by atoms with van der Waals surface area (Å²) in [5.41, 5.74) is 3.03. The minimum Gasteiger partial charge on any atom is -0.470 e. The molecule has 0 aliphatic carbocycles. The van der Waals surface area contributed by atoms with Gasteiger partial charge in [0.05, 0.1) is 0 Å². The number of ketones is 1. The third kappa shape index (κ3) is 5.12. The molecule has 2 N–H and O–H groups in total. The van der Waals surface area contributed by atoms with Crippen LogP contribution in [0.2, 0.25) is 0 Å². The van der Waals surface area contributed by atoms with Gasteiger partial charge in [-0.25, -0.2) is 4.79 Å². The predicted octanol–water partition coefficient (Wildman–Crippen LogP) is 3.91. The molecule has 7 heteroatoms. The molecule has 1 atom stereocenters. The summed E-state index contributed by atoms with van der Waals surface area (Å²) in [5, 5.41) is 5.76. The summed E-state index contributed by atoms with van der Waals surface area (Å²) in [7, 11) is 0. The molecule has 1 aliphatic rings. The maximum Gasteiger partial charge on any atom is 0.348 e. The lowest BCUT2D eigenvalue weighted by molar-refractivity contribution is -0.150. The van der Waals surface area contributed by atoms with E-state index in [0.717, 1.165) is 11.1 Å². The van der Waals surface area contributed by atoms with Crippen molar-refractivity contribution in [1.29, 1.82) is 0 Å². The van der Waals surface area contributed by atoms with E-state index in [9.17, 15) is 14.4 Å². The van der Waals surface area contributed by atoms with E-state index < -0.39 is 23.8 Å². The minimum atomic E-state index is -1.11. The van der Waals surface area contributed by atoms with Gasteiger partial charge in [0.2, 0.25) is 11.7 Å². The van der Waals surface area contributed by atoms with Crippen LogP contribution in [-0.4, -0.2) is 30.4 Å². The molecule has 0 saturated heterocycles. The maximum atomic E-state index is 12.7. The molecule has 2 aromatic carbocycles. The Kier molecular flexibility index (Phi) is 6.74. The molecule has 0 spiro atoms. The Morgan fingerprint density at radius 3 is 2.42 bits per heavy atom. The fourth-order valence-electron chi connectivity index (χ4n) is 3.21. The van der Waals surface area contributed by atoms with Gasteiger partial charge in [0.1, 0.15) is 0 Å². The second kappa shape index (κ2) is 9.47. The molecule has 2 aromatic rings. The van der Waals surface area contributed by atoms with Gasteiger partial charge in [-0.1, -0.05) is 50.2 Å². The lowest BCUT2D eigenvalue weighted by atomic mass is 9.98. The van der Waals surface area contributed by atoms with Crippen LogP contribution in [0, 0.1) is 6.92 Å². The highest BCUT2D eigenvalue weighted by atomic mass is 16.6. The van der Waals surface area contributed by atoms with E-state index in [2.05, 4.69) is 10.6 Å². The van der Waals surface area contributed by atoms with E-state index in [1.165, 1.54) is 6.92 Å². The highest BCUT2D eigenvalue weighted by molar-refractivity contribution is 6.20. The second-order valence-electron chi connectivity index (χ2n) is 7.64. The van der Waals surface area contributed by atoms with Gasteiger partial charge in [-0.15, -0.1) is 0 Å². The summed E-state index contributed by atoms with van der Waals surface area (Å²) in [5.74, 6) is -1.66. The van der Waals surface area contributed by atoms with E-state index in [-0.39, 0.29) is 24.0 Å². The van der Waals surface area contributed by atoms with Crippen molar-refractivity contribution in [3.63, 3.8) is 0 Å². The summed E-state index contributed by atoms with van der Waals surface area (Å²) >= 11 is 0. The number of amides is 1. The zero-order valence-corrected chi connectivity index (χ0v) is 18.0. The van der Waals surface area contributed by atoms with E-state index in [0.29, 0.717) is 11.4 Å². The van der Waals surface area contributed by atoms with E-state index in [4.69, 9.17) is 9.47 Å². The normalized spacial score (nSPS) is 14.3. The van der Waals surface area contributed by atoms with Crippen molar-refractivity contribution < 1.29 is 23.9 Å². The van der Waals surface area contributed by atoms with Crippen LogP contribution < -0.4 is 10.6 Å². The number of para-hydroxylation sites is 2. The first-order valence-corrected chi connectivity index (χ1v) is 10.1. The average molecular weight is 422 g/mol. The first-order valence-electron chi connectivity index (χ1n) is 10.1. The molecular weight excluding hydrogens is 396 g/mol. The fourth-order valence-corrected chi connectivity index (χ4v) is 3.21. The van der Waals surface area contributed by atoms with Crippen molar-refractivity contribution in [3.8, 4) is 0 Å². The Bertz CT molecular complexity index is 1030. The molecular formula is C24H26N2O5. The van der Waals surface area contributed by atoms with Crippen LogP contribution in [0.5, 0.6) is 0 Å². The molecule has 0 bridgehead atoms. The van der Waals surface area contributed by atoms with Crippen LogP contribution in [0.15, 0.2) is 60.0 Å². The number of esters is 1. The Hall–Kier alpha value is -3.61. The predicted molar refractivity (Wildman–Crippen MR) is 118 cm³/mol. The first kappa shape index (κ1) is 22.1. The van der Waals surface area contributed by atoms with E-state index in [1.807, 2.05) is 45.0 Å². The SMILES string of the molecule is Cc1cccc(C(C)C)c1NC(=O)[C@H](C)OC(=O)C1=C(Nc2ccccc2)OCC1=O. The molecule has 0 radical (unpaired) electrons. The molecule has 0 aromatic heterocycles. The number of ether oxygens (including phenoxy) is 2. The second-order valence-corrected chi connectivity index (χ2v) is 7.64. The summed E-state index contributed by atoms with van der Waals surface area (Å²) in [6.07, 6.45) is -1.11. The fraction of sp³-hybridized carbons (Fsp3) is 0.292. The molecule has 162 valence electrons. The summed E-state index contributed by atoms with van der Waals surface area (Å²) in [4.78, 5) is 37.6. The van der Waals surface area contributed by atoms with Crippen molar-refractivity contribution in [1.82, 2.24) is 0 Å². The smallest absolute Gasteiger partial charge is 0.348 e. The quantitative estimate of drug-likeness (QED) is 0.519. The molecule has 3 rings (SSSR count). The first-order chi connectivity index (χ1) is 14.8. The van der Waals surface area contributed by atoms with Gasteiger partial charge in [0.15, 0.2) is 18.3 Å². The number of aryl methyl sites for hydroxylation is 1. The number of Topliss-reactive ketones (excluding diaryl/α,β-unsaturated/α-hetero) is 1. The molecule has 1 aliphatic heterocycles. The Labute approximate surface area is 181 Å². The number of anilines is 2. The number of nitrogens with one attached hydrogen (secondary N) is 2. The Morgan fingerprint density at radius 2 is 1.74 bits per heavy atom. The van der Waals surface area contributed by atoms with Gasteiger partial charge in [0, 0.05) is 11.4 Å². The topological polar surface area (TPSA) is 93.7 Å². The van der Waals surface area contributed by atoms with Gasteiger partial charge < -0.3 is 20.1 Å². The molecule has 0 saturated carbocycles. The van der Waals surface area contributed by atoms with Crippen LogP contribution in [0.4, 0.5) is 11.4 Å². The minimum absolute atomic E-state index is 0.0230. The highest BCUT2D eigenvalue weighted by Gasteiger charge is 2.34. The lowest BCUT2D eigenvalue weighted by Gasteiger charge is -2.19. The monoisotopic (exact) mass is 422 g/mol. The summed E-state index contributed by atoms with van der Waals surface area (Å²) in [6, 6.07) is 14.8. The van der Waals surface area contributed by atoms with E-state index >= 15 is 0 Å². The number of rotatable bonds is 7. The van der Waals surface area contributed by atoms with Gasteiger partial charge in [0.25, 0.3) is 5.91 Å². The summed E-state index contributed by atoms with van der Waals surface area (Å²) in [6.45, 7) is 7.17. The van der Waals surface area contributed by atoms with Gasteiger partial charge in [-0.05, 0) is 43.0 Å². The van der Waals surface area contributed by atoms with Crippen molar-refractivity contribution in [3.05, 3.63) is 71.1 Å². The molecule has 7 nitrogen and oxygen atoms in total. The number of hydrogen-bond donors (Lipinski definition) is 2. The van der Waals surface area contributed by atoms with Crippen LogP contribution in [0.3, 0.4) is 0 Å². The number of carbonyl (C=O) groups is 3. The standard InChI is InChI=1S/C24H26N2O5/c1-14(2)18-12-8-9-15(3)21(18)26-22(28)16(4)31-24(29)20-19(27)13-30-23(20)25-17-10-6-5-7-11-17/h5-12,14,16,25H,13H2,1-4H3,(H,26,28)/t16-/m0/s1. The van der Waals surface area contributed by atoms with Crippen LogP contribution in [0.25, 0.3) is 0 Å². The molecule has 0 fully saturated rings. The Balaban J connectivity index is 1.73. The molecule has 0 unspecified atom stereocenters. The number of hydrogen-bond acceptors (Lipinski definition) is 6. The molecule has 1 amide bonds. The number of benzene rings is 2. The third-order valence-electron chi connectivity index (χ3n) is 4.92. The lowest BCUT2D eigenvalue weighted by Crippen LogP contribution is -2.32. The van der Waals surface area contributed by atoms with Gasteiger partial charge in [-0.3, -0.25) is 9.59 Å². The number of carbonyl (C=O) groups excluding carboxylic acids is 3. The van der Waals surface area contributed by atoms with Gasteiger partial charge >= 0.3 is 5.97 Å². The van der Waals surface area contributed by atoms with Crippen molar-refractivity contribution in [2.45, 2.75) is 39.7 Å². The maximum absolute atomic E-state index is 12.7. The average Bonchev–Trinajstić information content (AvgIpc) is 3.09. The van der Waals surface area contributed by atoms with Crippen LogP contribution >= 0.6 is 0 Å². The Morgan fingerprint density at radius 1 is 1.03 bits per heavy atom. The van der Waals surface area contributed by atoms with E-state index in [1.54, 1.807) is 24.3 Å².